The summed E-state index contributed by atoms with van der Waals surface area (Å²) >= 11 is 5.78. The Hall–Kier alpha value is -0.0100. The summed E-state index contributed by atoms with van der Waals surface area (Å²) in [6.07, 6.45) is 8.78. The van der Waals surface area contributed by atoms with Crippen LogP contribution in [0.3, 0.4) is 0 Å². The minimum absolute atomic E-state index is 0.274. The van der Waals surface area contributed by atoms with Crippen LogP contribution in [-0.2, 0) is 0 Å². The van der Waals surface area contributed by atoms with Crippen molar-refractivity contribution in [2.75, 3.05) is 5.88 Å². The molecule has 0 saturated heterocycles. The Morgan fingerprint density at radius 1 is 1.22 bits per heavy atom. The summed E-state index contributed by atoms with van der Waals surface area (Å²) < 4.78 is 0. The molecule has 0 aliphatic heterocycles. The molecule has 1 saturated carbocycles. The summed E-state index contributed by atoms with van der Waals surface area (Å²) in [6, 6.07) is 0. The maximum atomic E-state index is 10.9. The lowest BCUT2D eigenvalue weighted by Crippen LogP contribution is -2.40. The maximum absolute atomic E-state index is 10.9. The molecule has 2 atom stereocenters. The first-order chi connectivity index (χ1) is 8.49. The van der Waals surface area contributed by atoms with E-state index in [4.69, 9.17) is 11.6 Å². The van der Waals surface area contributed by atoms with Gasteiger partial charge >= 0.3 is 0 Å². The fourth-order valence-electron chi connectivity index (χ4n) is 3.27. The first-order valence-electron chi connectivity index (χ1n) is 7.43. The van der Waals surface area contributed by atoms with Crippen LogP contribution < -0.4 is 0 Å². The fourth-order valence-corrected chi connectivity index (χ4v) is 3.64. The Kier molecular flexibility index (Phi) is 6.73. The van der Waals surface area contributed by atoms with E-state index in [0.717, 1.165) is 56.4 Å². The number of aliphatic hydroxyl groups is 1. The van der Waals surface area contributed by atoms with Crippen molar-refractivity contribution < 1.29 is 5.11 Å². The minimum atomic E-state index is -0.481. The SMILES string of the molecule is C=C(C)C(CCC(C)CCCl)C1(O)CCCCC1. The zero-order chi connectivity index (χ0) is 13.6. The zero-order valence-corrected chi connectivity index (χ0v) is 12.8. The van der Waals surface area contributed by atoms with Gasteiger partial charge in [0.25, 0.3) is 0 Å². The van der Waals surface area contributed by atoms with E-state index in [0.29, 0.717) is 5.92 Å². The van der Waals surface area contributed by atoms with Crippen molar-refractivity contribution in [2.45, 2.75) is 70.8 Å². The number of hydrogen-bond donors (Lipinski definition) is 1. The fraction of sp³-hybridized carbons (Fsp3) is 0.875. The highest BCUT2D eigenvalue weighted by Gasteiger charge is 2.37. The van der Waals surface area contributed by atoms with Gasteiger partial charge in [-0.2, -0.15) is 0 Å². The third kappa shape index (κ3) is 4.59. The number of halogens is 1. The predicted molar refractivity (Wildman–Crippen MR) is 80.1 cm³/mol. The Labute approximate surface area is 118 Å². The van der Waals surface area contributed by atoms with Crippen molar-refractivity contribution in [3.05, 3.63) is 12.2 Å². The molecule has 1 aliphatic rings. The smallest absolute Gasteiger partial charge is 0.0712 e. The van der Waals surface area contributed by atoms with Crippen LogP contribution in [0.1, 0.15) is 65.2 Å². The number of rotatable bonds is 7. The molecule has 0 aromatic heterocycles. The molecular formula is C16H29ClO. The second-order valence-electron chi connectivity index (χ2n) is 6.22. The molecule has 18 heavy (non-hydrogen) atoms. The summed E-state index contributed by atoms with van der Waals surface area (Å²) in [6.45, 7) is 8.44. The van der Waals surface area contributed by atoms with Crippen LogP contribution in [0.2, 0.25) is 0 Å². The highest BCUT2D eigenvalue weighted by Crippen LogP contribution is 2.40. The van der Waals surface area contributed by atoms with Crippen LogP contribution in [-0.4, -0.2) is 16.6 Å². The van der Waals surface area contributed by atoms with Crippen molar-refractivity contribution >= 4 is 11.6 Å². The molecule has 0 aromatic carbocycles. The van der Waals surface area contributed by atoms with E-state index in [9.17, 15) is 5.11 Å². The normalized spacial score (nSPS) is 22.4. The average molecular weight is 273 g/mol. The summed E-state index contributed by atoms with van der Waals surface area (Å²) in [4.78, 5) is 0. The van der Waals surface area contributed by atoms with Gasteiger partial charge in [-0.3, -0.25) is 0 Å². The standard InChI is InChI=1S/C16H29ClO/c1-13(2)15(8-7-14(3)9-12-17)16(18)10-5-4-6-11-16/h14-15,18H,1,4-12H2,2-3H3. The summed E-state index contributed by atoms with van der Waals surface area (Å²) in [5.41, 5.74) is 0.669. The quantitative estimate of drug-likeness (QED) is 0.515. The molecule has 1 N–H and O–H groups in total. The predicted octanol–water partition coefficient (Wildman–Crippen LogP) is 4.92. The lowest BCUT2D eigenvalue weighted by atomic mass is 9.71. The third-order valence-corrected chi connectivity index (χ3v) is 4.73. The second kappa shape index (κ2) is 7.55. The molecule has 106 valence electrons. The van der Waals surface area contributed by atoms with Crippen molar-refractivity contribution in [1.82, 2.24) is 0 Å². The van der Waals surface area contributed by atoms with Crippen LogP contribution in [0, 0.1) is 11.8 Å². The van der Waals surface area contributed by atoms with Gasteiger partial charge in [0.1, 0.15) is 0 Å². The van der Waals surface area contributed by atoms with Gasteiger partial charge < -0.3 is 5.11 Å². The van der Waals surface area contributed by atoms with E-state index in [-0.39, 0.29) is 5.92 Å². The van der Waals surface area contributed by atoms with Gasteiger partial charge in [0, 0.05) is 11.8 Å². The Balaban J connectivity index is 2.56. The lowest BCUT2D eigenvalue weighted by molar-refractivity contribution is -0.0406. The van der Waals surface area contributed by atoms with Gasteiger partial charge in [0.05, 0.1) is 5.60 Å². The Morgan fingerprint density at radius 2 is 1.83 bits per heavy atom. The minimum Gasteiger partial charge on any atom is -0.389 e. The molecule has 0 heterocycles. The monoisotopic (exact) mass is 272 g/mol. The van der Waals surface area contributed by atoms with Gasteiger partial charge in [-0.05, 0) is 44.9 Å². The molecule has 1 fully saturated rings. The van der Waals surface area contributed by atoms with E-state index >= 15 is 0 Å². The largest absolute Gasteiger partial charge is 0.389 e. The summed E-state index contributed by atoms with van der Waals surface area (Å²) in [7, 11) is 0. The molecule has 0 amide bonds. The second-order valence-corrected chi connectivity index (χ2v) is 6.60. The molecular weight excluding hydrogens is 244 g/mol. The Bertz CT molecular complexity index is 256. The topological polar surface area (TPSA) is 20.2 Å². The molecule has 2 unspecified atom stereocenters. The first-order valence-corrected chi connectivity index (χ1v) is 7.97. The van der Waals surface area contributed by atoms with Crippen LogP contribution in [0.5, 0.6) is 0 Å². The van der Waals surface area contributed by atoms with E-state index in [1.165, 1.54) is 6.42 Å². The van der Waals surface area contributed by atoms with Gasteiger partial charge in [-0.25, -0.2) is 0 Å². The highest BCUT2D eigenvalue weighted by atomic mass is 35.5. The van der Waals surface area contributed by atoms with Crippen LogP contribution in [0.25, 0.3) is 0 Å². The van der Waals surface area contributed by atoms with Crippen molar-refractivity contribution in [1.29, 1.82) is 0 Å². The van der Waals surface area contributed by atoms with Crippen LogP contribution in [0.15, 0.2) is 12.2 Å². The first kappa shape index (κ1) is 16.0. The van der Waals surface area contributed by atoms with Crippen molar-refractivity contribution in [2.24, 2.45) is 11.8 Å². The van der Waals surface area contributed by atoms with Gasteiger partial charge in [-0.1, -0.05) is 38.3 Å². The van der Waals surface area contributed by atoms with Crippen LogP contribution in [0.4, 0.5) is 0 Å². The Morgan fingerprint density at radius 3 is 2.33 bits per heavy atom. The summed E-state index contributed by atoms with van der Waals surface area (Å²) in [5, 5.41) is 10.9. The van der Waals surface area contributed by atoms with E-state index < -0.39 is 5.60 Å². The lowest BCUT2D eigenvalue weighted by Gasteiger charge is -2.40. The van der Waals surface area contributed by atoms with Crippen LogP contribution >= 0.6 is 11.6 Å². The summed E-state index contributed by atoms with van der Waals surface area (Å²) in [5.74, 6) is 1.66. The molecule has 0 aromatic rings. The number of alkyl halides is 1. The van der Waals surface area contributed by atoms with Gasteiger partial charge in [0.15, 0.2) is 0 Å². The molecule has 1 aliphatic carbocycles. The molecule has 0 bridgehead atoms. The molecule has 0 radical (unpaired) electrons. The van der Waals surface area contributed by atoms with Crippen molar-refractivity contribution in [3.63, 3.8) is 0 Å². The average Bonchev–Trinajstić information content (AvgIpc) is 2.29. The maximum Gasteiger partial charge on any atom is 0.0712 e. The third-order valence-electron chi connectivity index (χ3n) is 4.51. The molecule has 1 rings (SSSR count). The molecule has 2 heteroatoms. The highest BCUT2D eigenvalue weighted by molar-refractivity contribution is 6.17. The van der Waals surface area contributed by atoms with E-state index in [2.05, 4.69) is 20.4 Å². The molecule has 0 spiro atoms. The van der Waals surface area contributed by atoms with Gasteiger partial charge in [0.2, 0.25) is 0 Å². The van der Waals surface area contributed by atoms with Gasteiger partial charge in [-0.15, -0.1) is 11.6 Å². The van der Waals surface area contributed by atoms with E-state index in [1.54, 1.807) is 0 Å². The number of hydrogen-bond acceptors (Lipinski definition) is 1. The molecule has 1 nitrogen and oxygen atoms in total. The van der Waals surface area contributed by atoms with Crippen molar-refractivity contribution in [3.8, 4) is 0 Å². The van der Waals surface area contributed by atoms with E-state index in [1.807, 2.05) is 0 Å². The zero-order valence-electron chi connectivity index (χ0n) is 12.1.